The Morgan fingerprint density at radius 2 is 2.09 bits per heavy atom. The number of hydrogen-bond donors (Lipinski definition) is 2. The minimum Gasteiger partial charge on any atom is -0.434 e. The molecule has 1 amide bonds. The Hall–Kier alpha value is -4.11. The number of anilines is 1. The van der Waals surface area contributed by atoms with Crippen molar-refractivity contribution in [2.75, 3.05) is 5.32 Å². The maximum Gasteiger partial charge on any atom is 0.257 e. The van der Waals surface area contributed by atoms with Crippen LogP contribution in [0.3, 0.4) is 0 Å². The molecule has 3 aromatic heterocycles. The molecule has 8 nitrogen and oxygen atoms in total. The minimum atomic E-state index is -0.631. The summed E-state index contributed by atoms with van der Waals surface area (Å²) < 4.78 is 22.4. The van der Waals surface area contributed by atoms with Crippen molar-refractivity contribution >= 4 is 23.2 Å². The summed E-state index contributed by atoms with van der Waals surface area (Å²) in [6.07, 6.45) is 12.1. The molecule has 9 heteroatoms. The predicted molar refractivity (Wildman–Crippen MR) is 126 cm³/mol. The van der Waals surface area contributed by atoms with Crippen molar-refractivity contribution in [2.24, 2.45) is 5.73 Å². The van der Waals surface area contributed by atoms with Crippen LogP contribution in [0.25, 0.3) is 11.6 Å². The summed E-state index contributed by atoms with van der Waals surface area (Å²) in [6.45, 7) is 0. The van der Waals surface area contributed by atoms with E-state index >= 15 is 0 Å². The number of amides is 1. The first-order valence-electron chi connectivity index (χ1n) is 11.0. The van der Waals surface area contributed by atoms with Gasteiger partial charge in [-0.3, -0.25) is 9.78 Å². The topological polar surface area (TPSA) is 107 Å². The number of benzene rings is 1. The Labute approximate surface area is 195 Å². The highest BCUT2D eigenvalue weighted by Crippen LogP contribution is 2.32. The number of ether oxygens (including phenoxy) is 1. The van der Waals surface area contributed by atoms with Crippen molar-refractivity contribution in [1.82, 2.24) is 19.6 Å². The summed E-state index contributed by atoms with van der Waals surface area (Å²) in [5, 5.41) is 6.89. The number of pyridine rings is 1. The summed E-state index contributed by atoms with van der Waals surface area (Å²) in [5.41, 5.74) is 9.56. The van der Waals surface area contributed by atoms with Crippen molar-refractivity contribution in [3.8, 4) is 11.6 Å². The number of carbonyl (C=O) groups excluding carboxylic acids is 1. The molecule has 5 rings (SSSR count). The number of nitrogens with two attached hydrogens (primary N) is 1. The number of hydrogen-bond acceptors (Lipinski definition) is 6. The molecule has 1 aromatic carbocycles. The van der Waals surface area contributed by atoms with Gasteiger partial charge in [-0.05, 0) is 56.0 Å². The van der Waals surface area contributed by atoms with Gasteiger partial charge >= 0.3 is 0 Å². The standard InChI is InChI=1S/C25H23FN6O2/c26-21-13-20(31-24(33)18-2-1-10-28-14-18)7-8-22(21)34-25-23-17(9-11-32(23)30-15-29-25)12-16-3-5-19(27)6-4-16/h1-2,7-15,19H,3-6,27H2,(H,31,33). The SMILES string of the molecule is NC1CCC(=Cc2ccn3ncnc(Oc4ccc(NC(=O)c5cccnc5)cc4F)c23)CC1. The van der Waals surface area contributed by atoms with Gasteiger partial charge in [0.15, 0.2) is 11.6 Å². The molecule has 1 aliphatic carbocycles. The average molecular weight is 458 g/mol. The van der Waals surface area contributed by atoms with Crippen molar-refractivity contribution in [3.05, 3.63) is 83.8 Å². The number of fused-ring (bicyclic) bond motifs is 1. The highest BCUT2D eigenvalue weighted by Gasteiger charge is 2.17. The Bertz CT molecular complexity index is 1360. The zero-order valence-electron chi connectivity index (χ0n) is 18.3. The lowest BCUT2D eigenvalue weighted by Gasteiger charge is -2.20. The van der Waals surface area contributed by atoms with Gasteiger partial charge in [0, 0.05) is 41.9 Å². The number of carbonyl (C=O) groups is 1. The number of nitrogens with one attached hydrogen (secondary N) is 1. The molecule has 3 N–H and O–H groups in total. The molecule has 0 atom stereocenters. The molecule has 0 aliphatic heterocycles. The van der Waals surface area contributed by atoms with Gasteiger partial charge in [-0.2, -0.15) is 10.1 Å². The first-order chi connectivity index (χ1) is 16.6. The van der Waals surface area contributed by atoms with E-state index in [9.17, 15) is 9.18 Å². The van der Waals surface area contributed by atoms with Crippen molar-refractivity contribution in [1.29, 1.82) is 0 Å². The average Bonchev–Trinajstić information content (AvgIpc) is 3.26. The van der Waals surface area contributed by atoms with Gasteiger partial charge in [0.2, 0.25) is 5.88 Å². The first-order valence-corrected chi connectivity index (χ1v) is 11.0. The van der Waals surface area contributed by atoms with Crippen LogP contribution in [-0.4, -0.2) is 31.5 Å². The molecule has 172 valence electrons. The van der Waals surface area contributed by atoms with Gasteiger partial charge in [0.05, 0.1) is 5.56 Å². The van der Waals surface area contributed by atoms with E-state index in [2.05, 4.69) is 26.5 Å². The normalized spacial score (nSPS) is 15.8. The van der Waals surface area contributed by atoms with Gasteiger partial charge < -0.3 is 15.8 Å². The summed E-state index contributed by atoms with van der Waals surface area (Å²) in [5.74, 6) is -0.782. The number of allylic oxidation sites excluding steroid dienone is 1. The Balaban J connectivity index is 1.38. The molecule has 3 heterocycles. The maximum atomic E-state index is 14.9. The number of halogens is 1. The molecule has 0 saturated heterocycles. The van der Waals surface area contributed by atoms with Crippen LogP contribution >= 0.6 is 0 Å². The van der Waals surface area contributed by atoms with E-state index in [0.717, 1.165) is 31.2 Å². The fraction of sp³-hybridized carbons (Fsp3) is 0.200. The second kappa shape index (κ2) is 9.40. The molecule has 4 aromatic rings. The Kier molecular flexibility index (Phi) is 6.01. The Morgan fingerprint density at radius 1 is 1.24 bits per heavy atom. The summed E-state index contributed by atoms with van der Waals surface area (Å²) in [7, 11) is 0. The molecule has 0 radical (unpaired) electrons. The van der Waals surface area contributed by atoms with E-state index in [1.807, 2.05) is 12.3 Å². The highest BCUT2D eigenvalue weighted by atomic mass is 19.1. The molecule has 1 fully saturated rings. The van der Waals surface area contributed by atoms with Crippen LogP contribution in [0.1, 0.15) is 41.6 Å². The molecule has 1 saturated carbocycles. The zero-order valence-corrected chi connectivity index (χ0v) is 18.3. The molecular formula is C25H23FN6O2. The van der Waals surface area contributed by atoms with Crippen LogP contribution in [0, 0.1) is 5.82 Å². The number of aromatic nitrogens is 4. The molecule has 1 aliphatic rings. The van der Waals surface area contributed by atoms with Crippen LogP contribution in [-0.2, 0) is 0 Å². The zero-order chi connectivity index (χ0) is 23.5. The van der Waals surface area contributed by atoms with E-state index in [4.69, 9.17) is 10.5 Å². The van der Waals surface area contributed by atoms with Gasteiger partial charge in [-0.25, -0.2) is 8.91 Å². The largest absolute Gasteiger partial charge is 0.434 e. The molecule has 0 spiro atoms. The van der Waals surface area contributed by atoms with Crippen LogP contribution in [0.15, 0.2) is 66.9 Å². The summed E-state index contributed by atoms with van der Waals surface area (Å²) in [6, 6.07) is 9.70. The minimum absolute atomic E-state index is 0.0107. The first kappa shape index (κ1) is 21.7. The Morgan fingerprint density at radius 3 is 2.85 bits per heavy atom. The number of rotatable bonds is 5. The smallest absolute Gasteiger partial charge is 0.257 e. The fourth-order valence-electron chi connectivity index (χ4n) is 3.98. The lowest BCUT2D eigenvalue weighted by Crippen LogP contribution is -2.23. The fourth-order valence-corrected chi connectivity index (χ4v) is 3.98. The lowest BCUT2D eigenvalue weighted by molar-refractivity contribution is 0.102. The van der Waals surface area contributed by atoms with Crippen LogP contribution in [0.4, 0.5) is 10.1 Å². The molecule has 0 unspecified atom stereocenters. The third-order valence-corrected chi connectivity index (χ3v) is 5.80. The van der Waals surface area contributed by atoms with Crippen LogP contribution in [0.5, 0.6) is 11.6 Å². The van der Waals surface area contributed by atoms with E-state index in [-0.39, 0.29) is 23.6 Å². The summed E-state index contributed by atoms with van der Waals surface area (Å²) >= 11 is 0. The van der Waals surface area contributed by atoms with E-state index in [0.29, 0.717) is 16.8 Å². The molecular weight excluding hydrogens is 435 g/mol. The highest BCUT2D eigenvalue weighted by molar-refractivity contribution is 6.04. The number of nitrogens with zero attached hydrogens (tertiary/aromatic N) is 4. The van der Waals surface area contributed by atoms with Crippen molar-refractivity contribution in [2.45, 2.75) is 31.7 Å². The molecule has 0 bridgehead atoms. The van der Waals surface area contributed by atoms with Gasteiger partial charge in [0.25, 0.3) is 5.91 Å². The van der Waals surface area contributed by atoms with E-state index in [1.54, 1.807) is 28.9 Å². The third-order valence-electron chi connectivity index (χ3n) is 5.80. The van der Waals surface area contributed by atoms with Gasteiger partial charge in [-0.1, -0.05) is 11.6 Å². The van der Waals surface area contributed by atoms with Crippen molar-refractivity contribution in [3.63, 3.8) is 0 Å². The van der Waals surface area contributed by atoms with Crippen molar-refractivity contribution < 1.29 is 13.9 Å². The van der Waals surface area contributed by atoms with Gasteiger partial charge in [-0.15, -0.1) is 0 Å². The monoisotopic (exact) mass is 458 g/mol. The second-order valence-electron chi connectivity index (χ2n) is 8.21. The maximum absolute atomic E-state index is 14.9. The quantitative estimate of drug-likeness (QED) is 0.453. The van der Waals surface area contributed by atoms with Crippen LogP contribution in [0.2, 0.25) is 0 Å². The third kappa shape index (κ3) is 4.65. The van der Waals surface area contributed by atoms with Gasteiger partial charge in [0.1, 0.15) is 11.8 Å². The summed E-state index contributed by atoms with van der Waals surface area (Å²) in [4.78, 5) is 20.5. The second-order valence-corrected chi connectivity index (χ2v) is 8.21. The molecule has 34 heavy (non-hydrogen) atoms. The van der Waals surface area contributed by atoms with E-state index in [1.165, 1.54) is 30.2 Å². The predicted octanol–water partition coefficient (Wildman–Crippen LogP) is 4.59. The van der Waals surface area contributed by atoms with Crippen LogP contribution < -0.4 is 15.8 Å². The van der Waals surface area contributed by atoms with E-state index < -0.39 is 5.82 Å². The lowest BCUT2D eigenvalue weighted by atomic mass is 9.90.